The Labute approximate surface area is 195 Å². The van der Waals surface area contributed by atoms with Crippen LogP contribution in [0.4, 0.5) is 0 Å². The Kier molecular flexibility index (Phi) is 6.81. The maximum Gasteiger partial charge on any atom is 0.262 e. The normalized spacial score (nSPS) is 11.3. The van der Waals surface area contributed by atoms with E-state index in [9.17, 15) is 4.79 Å². The molecule has 0 saturated heterocycles. The number of thioether (sulfide) groups is 1. The fourth-order valence-electron chi connectivity index (χ4n) is 3.40. The van der Waals surface area contributed by atoms with E-state index in [1.807, 2.05) is 68.6 Å². The Balaban J connectivity index is 1.58. The van der Waals surface area contributed by atoms with E-state index in [1.54, 1.807) is 23.0 Å². The fourth-order valence-corrected chi connectivity index (χ4v) is 5.35. The Hall–Kier alpha value is -2.84. The van der Waals surface area contributed by atoms with Crippen LogP contribution in [0.15, 0.2) is 57.8 Å². The average Bonchev–Trinajstić information content (AvgIpc) is 3.27. The number of benzene rings is 2. The molecule has 0 radical (unpaired) electrons. The molecule has 2 aromatic carbocycles. The highest BCUT2D eigenvalue weighted by Gasteiger charge is 2.15. The molecule has 4 aromatic rings. The van der Waals surface area contributed by atoms with Crippen molar-refractivity contribution >= 4 is 34.0 Å². The van der Waals surface area contributed by atoms with E-state index in [0.717, 1.165) is 27.5 Å². The van der Waals surface area contributed by atoms with Gasteiger partial charge in [0.25, 0.3) is 5.56 Å². The number of nitrogens with zero attached hydrogens (tertiary/aromatic N) is 3. The van der Waals surface area contributed by atoms with Gasteiger partial charge in [-0.1, -0.05) is 23.9 Å². The van der Waals surface area contributed by atoms with Crippen LogP contribution in [0.1, 0.15) is 32.5 Å². The van der Waals surface area contributed by atoms with Crippen molar-refractivity contribution in [1.29, 1.82) is 0 Å². The number of ether oxygens (including phenoxy) is 2. The van der Waals surface area contributed by atoms with Crippen LogP contribution in [-0.4, -0.2) is 28.3 Å². The van der Waals surface area contributed by atoms with Crippen molar-refractivity contribution in [3.05, 3.63) is 63.9 Å². The molecule has 2 heterocycles. The van der Waals surface area contributed by atoms with Gasteiger partial charge < -0.3 is 9.47 Å². The van der Waals surface area contributed by atoms with Gasteiger partial charge in [-0.2, -0.15) is 0 Å². The largest absolute Gasteiger partial charge is 0.493 e. The molecule has 0 amide bonds. The lowest BCUT2D eigenvalue weighted by Crippen LogP contribution is -2.25. The number of thiazole rings is 1. The van der Waals surface area contributed by atoms with E-state index in [4.69, 9.17) is 19.4 Å². The smallest absolute Gasteiger partial charge is 0.262 e. The number of methoxy groups -OCH3 is 1. The average molecular weight is 468 g/mol. The summed E-state index contributed by atoms with van der Waals surface area (Å²) in [6.07, 6.45) is 0. The summed E-state index contributed by atoms with van der Waals surface area (Å²) in [5.41, 5.74) is 2.64. The van der Waals surface area contributed by atoms with E-state index >= 15 is 0 Å². The molecular formula is C24H25N3O3S2. The van der Waals surface area contributed by atoms with Crippen molar-refractivity contribution in [3.63, 3.8) is 0 Å². The Morgan fingerprint density at radius 2 is 1.94 bits per heavy atom. The topological polar surface area (TPSA) is 66.2 Å². The molecule has 0 atom stereocenters. The van der Waals surface area contributed by atoms with E-state index < -0.39 is 0 Å². The Bertz CT molecular complexity index is 1300. The van der Waals surface area contributed by atoms with Crippen molar-refractivity contribution in [2.24, 2.45) is 0 Å². The molecule has 8 heteroatoms. The number of hydrogen-bond donors (Lipinski definition) is 0. The summed E-state index contributed by atoms with van der Waals surface area (Å²) in [7, 11) is 1.64. The van der Waals surface area contributed by atoms with Crippen LogP contribution in [0, 0.1) is 0 Å². The minimum absolute atomic E-state index is 0.00597. The lowest BCUT2D eigenvalue weighted by molar-refractivity contribution is 0.311. The third kappa shape index (κ3) is 4.52. The summed E-state index contributed by atoms with van der Waals surface area (Å²) < 4.78 is 12.8. The molecular weight excluding hydrogens is 442 g/mol. The monoisotopic (exact) mass is 467 g/mol. The van der Waals surface area contributed by atoms with Crippen LogP contribution in [0.25, 0.3) is 21.5 Å². The van der Waals surface area contributed by atoms with Gasteiger partial charge in [-0.15, -0.1) is 11.3 Å². The van der Waals surface area contributed by atoms with Crippen LogP contribution in [0.5, 0.6) is 11.5 Å². The van der Waals surface area contributed by atoms with Crippen LogP contribution >= 0.6 is 23.1 Å². The number of fused-ring (bicyclic) bond motifs is 1. The predicted molar refractivity (Wildman–Crippen MR) is 131 cm³/mol. The highest BCUT2D eigenvalue weighted by Crippen LogP contribution is 2.34. The van der Waals surface area contributed by atoms with Gasteiger partial charge in [0.15, 0.2) is 16.7 Å². The molecule has 0 fully saturated rings. The molecule has 0 bridgehead atoms. The molecule has 32 heavy (non-hydrogen) atoms. The highest BCUT2D eigenvalue weighted by atomic mass is 32.2. The van der Waals surface area contributed by atoms with Crippen LogP contribution < -0.4 is 15.0 Å². The molecule has 6 nitrogen and oxygen atoms in total. The molecule has 166 valence electrons. The first-order valence-corrected chi connectivity index (χ1v) is 12.3. The highest BCUT2D eigenvalue weighted by molar-refractivity contribution is 7.98. The Morgan fingerprint density at radius 3 is 2.69 bits per heavy atom. The third-order valence-corrected chi connectivity index (χ3v) is 6.83. The second-order valence-corrected chi connectivity index (χ2v) is 9.21. The van der Waals surface area contributed by atoms with E-state index in [1.165, 1.54) is 11.8 Å². The van der Waals surface area contributed by atoms with E-state index in [-0.39, 0.29) is 11.6 Å². The van der Waals surface area contributed by atoms with Gasteiger partial charge in [-0.05, 0) is 51.1 Å². The summed E-state index contributed by atoms with van der Waals surface area (Å²) in [6.45, 7) is 6.53. The summed E-state index contributed by atoms with van der Waals surface area (Å²) in [5.74, 6) is 2.04. The first-order valence-electron chi connectivity index (χ1n) is 10.4. The van der Waals surface area contributed by atoms with Crippen molar-refractivity contribution < 1.29 is 9.47 Å². The molecule has 0 aliphatic rings. The zero-order valence-electron chi connectivity index (χ0n) is 18.5. The second-order valence-electron chi connectivity index (χ2n) is 7.41. The molecule has 0 unspecified atom stereocenters. The SMILES string of the molecule is CCOc1ccc(-c2nc(CSc3nc4ccccc4c(=O)n3C(C)C)cs2)cc1OC. The summed E-state index contributed by atoms with van der Waals surface area (Å²) in [6, 6.07) is 13.3. The first kappa shape index (κ1) is 22.4. The number of para-hydroxylation sites is 1. The van der Waals surface area contributed by atoms with E-state index in [2.05, 4.69) is 0 Å². The van der Waals surface area contributed by atoms with Crippen LogP contribution in [0.3, 0.4) is 0 Å². The summed E-state index contributed by atoms with van der Waals surface area (Å²) >= 11 is 3.12. The van der Waals surface area contributed by atoms with Gasteiger partial charge in [-0.25, -0.2) is 9.97 Å². The van der Waals surface area contributed by atoms with Gasteiger partial charge in [-0.3, -0.25) is 9.36 Å². The molecule has 0 spiro atoms. The van der Waals surface area contributed by atoms with Gasteiger partial charge in [0, 0.05) is 22.7 Å². The lowest BCUT2D eigenvalue weighted by Gasteiger charge is -2.15. The zero-order valence-corrected chi connectivity index (χ0v) is 20.1. The molecule has 0 saturated carbocycles. The standard InChI is InChI=1S/C24H25N3O3S2/c1-5-30-20-11-10-16(12-21(20)29-4)22-25-17(13-31-22)14-32-24-26-19-9-7-6-8-18(19)23(28)27(24)15(2)3/h6-13,15H,5,14H2,1-4H3. The molecule has 2 aromatic heterocycles. The maximum absolute atomic E-state index is 13.0. The predicted octanol–water partition coefficient (Wildman–Crippen LogP) is 5.80. The van der Waals surface area contributed by atoms with Gasteiger partial charge in [0.05, 0.1) is 30.3 Å². The molecule has 4 rings (SSSR count). The maximum atomic E-state index is 13.0. The minimum Gasteiger partial charge on any atom is -0.493 e. The lowest BCUT2D eigenvalue weighted by atomic mass is 10.2. The second kappa shape index (κ2) is 9.75. The van der Waals surface area contributed by atoms with Gasteiger partial charge in [0.2, 0.25) is 0 Å². The van der Waals surface area contributed by atoms with Crippen molar-refractivity contribution in [2.45, 2.75) is 37.7 Å². The Morgan fingerprint density at radius 1 is 1.12 bits per heavy atom. The zero-order chi connectivity index (χ0) is 22.7. The third-order valence-electron chi connectivity index (χ3n) is 4.90. The van der Waals surface area contributed by atoms with Crippen molar-refractivity contribution in [3.8, 4) is 22.1 Å². The van der Waals surface area contributed by atoms with Gasteiger partial charge in [0.1, 0.15) is 5.01 Å². The van der Waals surface area contributed by atoms with Gasteiger partial charge >= 0.3 is 0 Å². The fraction of sp³-hybridized carbons (Fsp3) is 0.292. The molecule has 0 N–H and O–H groups in total. The molecule has 0 aliphatic carbocycles. The minimum atomic E-state index is -0.00597. The number of aromatic nitrogens is 3. The van der Waals surface area contributed by atoms with Crippen molar-refractivity contribution in [1.82, 2.24) is 14.5 Å². The number of hydrogen-bond acceptors (Lipinski definition) is 7. The van der Waals surface area contributed by atoms with Crippen molar-refractivity contribution in [2.75, 3.05) is 13.7 Å². The van der Waals surface area contributed by atoms with Crippen LogP contribution in [0.2, 0.25) is 0 Å². The van der Waals surface area contributed by atoms with Crippen LogP contribution in [-0.2, 0) is 5.75 Å². The summed E-state index contributed by atoms with van der Waals surface area (Å²) in [5, 5.41) is 4.31. The quantitative estimate of drug-likeness (QED) is 0.241. The first-order chi connectivity index (χ1) is 15.5. The number of rotatable bonds is 8. The molecule has 0 aliphatic heterocycles. The summed E-state index contributed by atoms with van der Waals surface area (Å²) in [4.78, 5) is 22.5. The van der Waals surface area contributed by atoms with E-state index in [0.29, 0.717) is 28.7 Å².